The Balaban J connectivity index is 2.28. The van der Waals surface area contributed by atoms with Gasteiger partial charge in [-0.2, -0.15) is 0 Å². The highest BCUT2D eigenvalue weighted by atomic mass is 32.2. The van der Waals surface area contributed by atoms with Gasteiger partial charge in [-0.25, -0.2) is 13.1 Å². The number of sulfonamides is 1. The molecule has 1 atom stereocenters. The van der Waals surface area contributed by atoms with Crippen molar-refractivity contribution in [3.63, 3.8) is 0 Å². The first-order valence-electron chi connectivity index (χ1n) is 7.81. The molecule has 2 aromatic rings. The van der Waals surface area contributed by atoms with Crippen LogP contribution in [0, 0.1) is 0 Å². The summed E-state index contributed by atoms with van der Waals surface area (Å²) in [5.41, 5.74) is 0.896. The first-order valence-corrected chi connectivity index (χ1v) is 9.29. The minimum Gasteiger partial charge on any atom is -0.469 e. The molecule has 2 rings (SSSR count). The van der Waals surface area contributed by atoms with Crippen LogP contribution in [0.25, 0.3) is 0 Å². The standard InChI is InChI=1S/C17H21N3O5S/c1-18-26(23,24)13-9-15(20(2)11-13)17(22)19-14(10-16(21)25-3)12-7-5-4-6-8-12/h4-9,11,14,18H,10H2,1-3H3,(H,19,22)/t14-/m1/s1. The second kappa shape index (κ2) is 8.15. The quantitative estimate of drug-likeness (QED) is 0.697. The topological polar surface area (TPSA) is 106 Å². The van der Waals surface area contributed by atoms with Gasteiger partial charge in [-0.3, -0.25) is 9.59 Å². The van der Waals surface area contributed by atoms with Crippen molar-refractivity contribution in [3.05, 3.63) is 53.9 Å². The van der Waals surface area contributed by atoms with E-state index in [2.05, 4.69) is 10.0 Å². The monoisotopic (exact) mass is 379 g/mol. The summed E-state index contributed by atoms with van der Waals surface area (Å²) in [4.78, 5) is 24.3. The largest absolute Gasteiger partial charge is 0.469 e. The predicted octanol–water partition coefficient (Wildman–Crippen LogP) is 0.967. The molecule has 140 valence electrons. The summed E-state index contributed by atoms with van der Waals surface area (Å²) in [6.07, 6.45) is 1.30. The van der Waals surface area contributed by atoms with Gasteiger partial charge in [0.2, 0.25) is 10.0 Å². The van der Waals surface area contributed by atoms with Crippen molar-refractivity contribution in [3.8, 4) is 0 Å². The third-order valence-electron chi connectivity index (χ3n) is 3.90. The Morgan fingerprint density at radius 3 is 2.46 bits per heavy atom. The highest BCUT2D eigenvalue weighted by molar-refractivity contribution is 7.89. The summed E-state index contributed by atoms with van der Waals surface area (Å²) >= 11 is 0. The summed E-state index contributed by atoms with van der Waals surface area (Å²) < 4.78 is 32.1. The van der Waals surface area contributed by atoms with Gasteiger partial charge in [0.15, 0.2) is 0 Å². The summed E-state index contributed by atoms with van der Waals surface area (Å²) in [6, 6.07) is 9.67. The number of rotatable bonds is 7. The van der Waals surface area contributed by atoms with E-state index in [0.717, 1.165) is 5.56 Å². The van der Waals surface area contributed by atoms with Crippen molar-refractivity contribution in [2.45, 2.75) is 17.4 Å². The first-order chi connectivity index (χ1) is 12.3. The number of methoxy groups -OCH3 is 1. The van der Waals surface area contributed by atoms with Gasteiger partial charge in [-0.15, -0.1) is 0 Å². The van der Waals surface area contributed by atoms with E-state index < -0.39 is 27.9 Å². The van der Waals surface area contributed by atoms with Crippen LogP contribution in [0.5, 0.6) is 0 Å². The number of esters is 1. The minimum absolute atomic E-state index is 0.0168. The Kier molecular flexibility index (Phi) is 6.17. The molecule has 0 bridgehead atoms. The Labute approximate surface area is 152 Å². The molecular formula is C17H21N3O5S. The van der Waals surface area contributed by atoms with Crippen LogP contribution >= 0.6 is 0 Å². The van der Waals surface area contributed by atoms with Gasteiger partial charge in [-0.05, 0) is 18.7 Å². The Hall–Kier alpha value is -2.65. The smallest absolute Gasteiger partial charge is 0.307 e. The summed E-state index contributed by atoms with van der Waals surface area (Å²) in [6.45, 7) is 0. The molecule has 1 heterocycles. The molecule has 0 aliphatic heterocycles. The average molecular weight is 379 g/mol. The zero-order valence-electron chi connectivity index (χ0n) is 14.7. The maximum Gasteiger partial charge on any atom is 0.307 e. The maximum absolute atomic E-state index is 12.6. The first kappa shape index (κ1) is 19.7. The fourth-order valence-corrected chi connectivity index (χ4v) is 3.24. The molecule has 0 aliphatic rings. The lowest BCUT2D eigenvalue weighted by molar-refractivity contribution is -0.141. The zero-order chi connectivity index (χ0) is 19.3. The third kappa shape index (κ3) is 4.50. The number of carbonyl (C=O) groups excluding carboxylic acids is 2. The van der Waals surface area contributed by atoms with E-state index in [9.17, 15) is 18.0 Å². The number of carbonyl (C=O) groups is 2. The van der Waals surface area contributed by atoms with Crippen LogP contribution in [-0.4, -0.2) is 39.0 Å². The SMILES string of the molecule is CNS(=O)(=O)c1cc(C(=O)N[C@H](CC(=O)OC)c2ccccc2)n(C)c1. The maximum atomic E-state index is 12.6. The molecule has 9 heteroatoms. The van der Waals surface area contributed by atoms with Crippen LogP contribution in [0.4, 0.5) is 0 Å². The number of hydrogen-bond donors (Lipinski definition) is 2. The zero-order valence-corrected chi connectivity index (χ0v) is 15.5. The van der Waals surface area contributed by atoms with Gasteiger partial charge in [0, 0.05) is 13.2 Å². The van der Waals surface area contributed by atoms with Crippen LogP contribution in [-0.2, 0) is 26.6 Å². The second-order valence-corrected chi connectivity index (χ2v) is 7.48. The molecule has 8 nitrogen and oxygen atoms in total. The molecule has 2 N–H and O–H groups in total. The molecule has 1 aromatic heterocycles. The lowest BCUT2D eigenvalue weighted by atomic mass is 10.0. The van der Waals surface area contributed by atoms with E-state index in [1.54, 1.807) is 31.3 Å². The normalized spacial score (nSPS) is 12.4. The van der Waals surface area contributed by atoms with E-state index in [4.69, 9.17) is 4.74 Å². The van der Waals surface area contributed by atoms with E-state index in [1.165, 1.54) is 31.0 Å². The van der Waals surface area contributed by atoms with E-state index in [1.807, 2.05) is 6.07 Å². The number of hydrogen-bond acceptors (Lipinski definition) is 5. The number of ether oxygens (including phenoxy) is 1. The minimum atomic E-state index is -3.66. The van der Waals surface area contributed by atoms with Crippen LogP contribution in [0.3, 0.4) is 0 Å². The van der Waals surface area contributed by atoms with E-state index in [-0.39, 0.29) is 17.0 Å². The van der Waals surface area contributed by atoms with Gasteiger partial charge >= 0.3 is 5.97 Å². The van der Waals surface area contributed by atoms with Gasteiger partial charge in [-0.1, -0.05) is 30.3 Å². The highest BCUT2D eigenvalue weighted by Crippen LogP contribution is 2.19. The second-order valence-electron chi connectivity index (χ2n) is 5.60. The fraction of sp³-hybridized carbons (Fsp3) is 0.294. The van der Waals surface area contributed by atoms with Crippen molar-refractivity contribution in [1.82, 2.24) is 14.6 Å². The number of amides is 1. The van der Waals surface area contributed by atoms with Crippen molar-refractivity contribution in [2.75, 3.05) is 14.2 Å². The molecule has 1 aromatic carbocycles. The van der Waals surface area contributed by atoms with Gasteiger partial charge in [0.05, 0.1) is 19.6 Å². The van der Waals surface area contributed by atoms with Gasteiger partial charge in [0.1, 0.15) is 10.6 Å². The van der Waals surface area contributed by atoms with Crippen molar-refractivity contribution < 1.29 is 22.7 Å². The predicted molar refractivity (Wildman–Crippen MR) is 94.9 cm³/mol. The number of aromatic nitrogens is 1. The molecule has 26 heavy (non-hydrogen) atoms. The molecule has 0 saturated carbocycles. The number of benzene rings is 1. The number of nitrogens with one attached hydrogen (secondary N) is 2. The van der Waals surface area contributed by atoms with Crippen molar-refractivity contribution in [1.29, 1.82) is 0 Å². The van der Waals surface area contributed by atoms with Crippen LogP contribution in [0.15, 0.2) is 47.5 Å². The lowest BCUT2D eigenvalue weighted by Crippen LogP contribution is -2.31. The molecule has 0 fully saturated rings. The Bertz CT molecular complexity index is 890. The fourth-order valence-electron chi connectivity index (χ4n) is 2.44. The average Bonchev–Trinajstić information content (AvgIpc) is 3.04. The molecule has 0 aliphatic carbocycles. The lowest BCUT2D eigenvalue weighted by Gasteiger charge is -2.18. The van der Waals surface area contributed by atoms with Crippen molar-refractivity contribution in [2.24, 2.45) is 7.05 Å². The van der Waals surface area contributed by atoms with Crippen LogP contribution in [0.1, 0.15) is 28.5 Å². The summed E-state index contributed by atoms with van der Waals surface area (Å²) in [5, 5.41) is 2.76. The molecule has 0 spiro atoms. The number of nitrogens with zero attached hydrogens (tertiary/aromatic N) is 1. The van der Waals surface area contributed by atoms with Crippen molar-refractivity contribution >= 4 is 21.9 Å². The number of aryl methyl sites for hydroxylation is 1. The molecule has 0 unspecified atom stereocenters. The Morgan fingerprint density at radius 1 is 1.23 bits per heavy atom. The molecule has 0 saturated heterocycles. The summed E-state index contributed by atoms with van der Waals surface area (Å²) in [7, 11) is 0.481. The van der Waals surface area contributed by atoms with E-state index >= 15 is 0 Å². The molecule has 0 radical (unpaired) electrons. The highest BCUT2D eigenvalue weighted by Gasteiger charge is 2.23. The van der Waals surface area contributed by atoms with Gasteiger partial charge in [0.25, 0.3) is 5.91 Å². The Morgan fingerprint density at radius 2 is 1.88 bits per heavy atom. The molecule has 1 amide bonds. The van der Waals surface area contributed by atoms with E-state index in [0.29, 0.717) is 0 Å². The molecular weight excluding hydrogens is 358 g/mol. The third-order valence-corrected chi connectivity index (χ3v) is 5.28. The van der Waals surface area contributed by atoms with Gasteiger partial charge < -0.3 is 14.6 Å². The summed E-state index contributed by atoms with van der Waals surface area (Å²) in [5.74, 6) is -0.965. The van der Waals surface area contributed by atoms with Crippen LogP contribution in [0.2, 0.25) is 0 Å². The van der Waals surface area contributed by atoms with Crippen LogP contribution < -0.4 is 10.0 Å².